The summed E-state index contributed by atoms with van der Waals surface area (Å²) in [6, 6.07) is 6.58. The number of esters is 1. The van der Waals surface area contributed by atoms with E-state index in [0.717, 1.165) is 10.9 Å². The molecule has 0 saturated heterocycles. The van der Waals surface area contributed by atoms with Gasteiger partial charge < -0.3 is 10.1 Å². The Hall–Kier alpha value is -2.64. The van der Waals surface area contributed by atoms with Crippen molar-refractivity contribution in [1.82, 2.24) is 20.1 Å². The third-order valence-electron chi connectivity index (χ3n) is 4.31. The van der Waals surface area contributed by atoms with Crippen molar-refractivity contribution in [3.63, 3.8) is 0 Å². The standard InChI is InChI=1S/C20H20Cl2N4O3/c1-11(2)26-19-14(9-24-26)6-15(8-23-19)20(28)29-10-18(27)25-12(3)13-4-5-16(21)17(22)7-13/h4-9,11-12H,10H2,1-3H3,(H,25,27). The van der Waals surface area contributed by atoms with Crippen molar-refractivity contribution in [2.24, 2.45) is 0 Å². The lowest BCUT2D eigenvalue weighted by molar-refractivity contribution is -0.124. The summed E-state index contributed by atoms with van der Waals surface area (Å²) >= 11 is 11.9. The average Bonchev–Trinajstić information content (AvgIpc) is 3.11. The van der Waals surface area contributed by atoms with Gasteiger partial charge in [-0.25, -0.2) is 14.5 Å². The molecule has 2 aromatic heterocycles. The summed E-state index contributed by atoms with van der Waals surface area (Å²) in [6.07, 6.45) is 3.06. The number of amides is 1. The quantitative estimate of drug-likeness (QED) is 0.582. The number of halogens is 2. The normalized spacial score (nSPS) is 12.2. The van der Waals surface area contributed by atoms with Crippen LogP contribution in [0.15, 0.2) is 36.7 Å². The van der Waals surface area contributed by atoms with Crippen molar-refractivity contribution in [2.75, 3.05) is 6.61 Å². The number of carbonyl (C=O) groups is 2. The molecule has 0 bridgehead atoms. The van der Waals surface area contributed by atoms with Gasteiger partial charge in [0.25, 0.3) is 5.91 Å². The Kier molecular flexibility index (Phi) is 6.39. The third kappa shape index (κ3) is 4.86. The molecule has 0 saturated carbocycles. The molecule has 1 N–H and O–H groups in total. The number of rotatable bonds is 6. The minimum absolute atomic E-state index is 0.152. The summed E-state index contributed by atoms with van der Waals surface area (Å²) in [5.74, 6) is -1.06. The number of nitrogens with one attached hydrogen (secondary N) is 1. The second kappa shape index (κ2) is 8.80. The van der Waals surface area contributed by atoms with Crippen molar-refractivity contribution in [3.8, 4) is 0 Å². The summed E-state index contributed by atoms with van der Waals surface area (Å²) in [5.41, 5.74) is 1.73. The molecular weight excluding hydrogens is 415 g/mol. The highest BCUT2D eigenvalue weighted by atomic mass is 35.5. The van der Waals surface area contributed by atoms with Gasteiger partial charge in [0.15, 0.2) is 12.3 Å². The lowest BCUT2D eigenvalue weighted by Crippen LogP contribution is -2.31. The van der Waals surface area contributed by atoms with E-state index in [1.807, 2.05) is 13.8 Å². The van der Waals surface area contributed by atoms with Gasteiger partial charge in [-0.1, -0.05) is 29.3 Å². The van der Waals surface area contributed by atoms with Gasteiger partial charge in [0.1, 0.15) is 0 Å². The van der Waals surface area contributed by atoms with Crippen molar-refractivity contribution in [1.29, 1.82) is 0 Å². The third-order valence-corrected chi connectivity index (χ3v) is 5.05. The molecule has 0 aliphatic heterocycles. The monoisotopic (exact) mass is 434 g/mol. The predicted octanol–water partition coefficient (Wildman–Crippen LogP) is 4.35. The topological polar surface area (TPSA) is 86.1 Å². The van der Waals surface area contributed by atoms with Crippen molar-refractivity contribution >= 4 is 46.1 Å². The fraction of sp³-hybridized carbons (Fsp3) is 0.300. The van der Waals surface area contributed by atoms with Crippen LogP contribution < -0.4 is 5.32 Å². The fourth-order valence-corrected chi connectivity index (χ4v) is 3.10. The molecule has 152 valence electrons. The zero-order chi connectivity index (χ0) is 21.1. The molecule has 1 unspecified atom stereocenters. The molecule has 2 heterocycles. The molecule has 1 atom stereocenters. The van der Waals surface area contributed by atoms with Crippen molar-refractivity contribution in [3.05, 3.63) is 57.8 Å². The maximum atomic E-state index is 12.3. The van der Waals surface area contributed by atoms with Crippen LogP contribution in [0.25, 0.3) is 11.0 Å². The van der Waals surface area contributed by atoms with Crippen LogP contribution in [0.5, 0.6) is 0 Å². The summed E-state index contributed by atoms with van der Waals surface area (Å²) < 4.78 is 6.87. The molecule has 0 aliphatic rings. The van der Waals surface area contributed by atoms with Gasteiger partial charge in [-0.3, -0.25) is 4.79 Å². The van der Waals surface area contributed by atoms with Crippen LogP contribution in [-0.2, 0) is 9.53 Å². The number of hydrogen-bond donors (Lipinski definition) is 1. The van der Waals surface area contributed by atoms with E-state index in [1.165, 1.54) is 6.20 Å². The van der Waals surface area contributed by atoms with E-state index in [9.17, 15) is 9.59 Å². The average molecular weight is 435 g/mol. The van der Waals surface area contributed by atoms with Crippen molar-refractivity contribution < 1.29 is 14.3 Å². The molecule has 3 aromatic rings. The Morgan fingerprint density at radius 2 is 1.90 bits per heavy atom. The highest BCUT2D eigenvalue weighted by Gasteiger charge is 2.16. The number of benzene rings is 1. The smallest absolute Gasteiger partial charge is 0.340 e. The van der Waals surface area contributed by atoms with Crippen molar-refractivity contribution in [2.45, 2.75) is 32.9 Å². The molecule has 3 rings (SSSR count). The largest absolute Gasteiger partial charge is 0.452 e. The predicted molar refractivity (Wildman–Crippen MR) is 111 cm³/mol. The maximum absolute atomic E-state index is 12.3. The maximum Gasteiger partial charge on any atom is 0.340 e. The van der Waals surface area contributed by atoms with Crippen LogP contribution in [-0.4, -0.2) is 33.2 Å². The van der Waals surface area contributed by atoms with Gasteiger partial charge in [0.05, 0.1) is 27.8 Å². The first-order valence-electron chi connectivity index (χ1n) is 9.01. The first-order valence-corrected chi connectivity index (χ1v) is 9.76. The Balaban J connectivity index is 1.59. The molecule has 1 aromatic carbocycles. The molecule has 29 heavy (non-hydrogen) atoms. The molecule has 1 amide bonds. The highest BCUT2D eigenvalue weighted by Crippen LogP contribution is 2.25. The minimum atomic E-state index is -0.631. The van der Waals surface area contributed by atoms with Gasteiger partial charge in [0.2, 0.25) is 0 Å². The van der Waals surface area contributed by atoms with Gasteiger partial charge in [0, 0.05) is 17.6 Å². The fourth-order valence-electron chi connectivity index (χ4n) is 2.79. The zero-order valence-corrected chi connectivity index (χ0v) is 17.7. The second-order valence-electron chi connectivity index (χ2n) is 6.86. The number of aromatic nitrogens is 3. The minimum Gasteiger partial charge on any atom is -0.452 e. The molecule has 0 spiro atoms. The Morgan fingerprint density at radius 3 is 2.59 bits per heavy atom. The number of pyridine rings is 1. The lowest BCUT2D eigenvalue weighted by atomic mass is 10.1. The summed E-state index contributed by atoms with van der Waals surface area (Å²) in [4.78, 5) is 28.7. The van der Waals surface area contributed by atoms with Crippen LogP contribution in [0.4, 0.5) is 0 Å². The van der Waals surface area contributed by atoms with E-state index in [-0.39, 0.29) is 17.6 Å². The summed E-state index contributed by atoms with van der Waals surface area (Å²) in [6.45, 7) is 5.37. The lowest BCUT2D eigenvalue weighted by Gasteiger charge is -2.15. The summed E-state index contributed by atoms with van der Waals surface area (Å²) in [7, 11) is 0. The number of nitrogens with zero attached hydrogens (tertiary/aromatic N) is 3. The van der Waals surface area contributed by atoms with Gasteiger partial charge in [-0.2, -0.15) is 5.10 Å². The Bertz CT molecular complexity index is 1070. The molecule has 9 heteroatoms. The molecule has 7 nitrogen and oxygen atoms in total. The first-order chi connectivity index (χ1) is 13.8. The van der Waals surface area contributed by atoms with Crippen LogP contribution in [0.2, 0.25) is 10.0 Å². The van der Waals surface area contributed by atoms with Crippen LogP contribution in [0.3, 0.4) is 0 Å². The highest BCUT2D eigenvalue weighted by molar-refractivity contribution is 6.42. The Morgan fingerprint density at radius 1 is 1.14 bits per heavy atom. The van der Waals surface area contributed by atoms with Crippen LogP contribution in [0, 0.1) is 0 Å². The van der Waals surface area contributed by atoms with Crippen LogP contribution in [0.1, 0.15) is 48.8 Å². The van der Waals surface area contributed by atoms with Gasteiger partial charge in [-0.15, -0.1) is 0 Å². The van der Waals surface area contributed by atoms with Crippen LogP contribution >= 0.6 is 23.2 Å². The van der Waals surface area contributed by atoms with Gasteiger partial charge in [-0.05, 0) is 44.5 Å². The molecule has 0 fully saturated rings. The van der Waals surface area contributed by atoms with E-state index in [1.54, 1.807) is 42.1 Å². The molecular formula is C20H20Cl2N4O3. The second-order valence-corrected chi connectivity index (χ2v) is 7.67. The molecule has 0 aliphatic carbocycles. The summed E-state index contributed by atoms with van der Waals surface area (Å²) in [5, 5.41) is 8.58. The molecule has 0 radical (unpaired) electrons. The number of ether oxygens (including phenoxy) is 1. The number of hydrogen-bond acceptors (Lipinski definition) is 5. The first kappa shape index (κ1) is 21.1. The van der Waals surface area contributed by atoms with E-state index < -0.39 is 18.5 Å². The number of fused-ring (bicyclic) bond motifs is 1. The van der Waals surface area contributed by atoms with E-state index in [4.69, 9.17) is 27.9 Å². The Labute approximate surface area is 178 Å². The number of carbonyl (C=O) groups excluding carboxylic acids is 2. The van der Waals surface area contributed by atoms with E-state index in [0.29, 0.717) is 15.7 Å². The van der Waals surface area contributed by atoms with E-state index >= 15 is 0 Å². The van der Waals surface area contributed by atoms with E-state index in [2.05, 4.69) is 15.4 Å². The van der Waals surface area contributed by atoms with Gasteiger partial charge >= 0.3 is 5.97 Å². The zero-order valence-electron chi connectivity index (χ0n) is 16.1. The SMILES string of the molecule is CC(NC(=O)COC(=O)c1cnc2c(cnn2C(C)C)c1)c1ccc(Cl)c(Cl)c1.